The van der Waals surface area contributed by atoms with Crippen molar-refractivity contribution in [2.45, 2.75) is 362 Å². The van der Waals surface area contributed by atoms with E-state index in [0.29, 0.717) is 90.0 Å². The molecule has 688 valence electrons. The van der Waals surface area contributed by atoms with E-state index < -0.39 is 167 Å². The van der Waals surface area contributed by atoms with E-state index in [1.54, 1.807) is 0 Å². The minimum atomic E-state index is -1.31. The molecule has 14 atom stereocenters. The van der Waals surface area contributed by atoms with Crippen LogP contribution in [0.15, 0.2) is 0 Å². The number of unbranched alkanes of at least 4 members (excludes halogenated alkanes) is 6. The first-order valence-corrected chi connectivity index (χ1v) is 44.2. The molecule has 0 aliphatic carbocycles. The second-order valence-corrected chi connectivity index (χ2v) is 35.5. The van der Waals surface area contributed by atoms with E-state index in [4.69, 9.17) is 45.9 Å². The lowest BCUT2D eigenvalue weighted by Gasteiger charge is -2.30. The molecule has 14 amide bonds. The second-order valence-electron chi connectivity index (χ2n) is 35.5. The summed E-state index contributed by atoms with van der Waals surface area (Å²) in [7, 11) is 0. The number of primary amides is 1. The van der Waals surface area contributed by atoms with E-state index in [0.717, 1.165) is 0 Å². The molecule has 0 aliphatic rings. The summed E-state index contributed by atoms with van der Waals surface area (Å²) in [5.74, 6) is -10.9. The van der Waals surface area contributed by atoms with Gasteiger partial charge in [-0.2, -0.15) is 0 Å². The Morgan fingerprint density at radius 3 is 0.462 bits per heavy atom. The van der Waals surface area contributed by atoms with Gasteiger partial charge in [-0.1, -0.05) is 117 Å². The Bertz CT molecular complexity index is 3030. The molecule has 0 aromatic rings. The molecule has 0 aromatic carbocycles. The van der Waals surface area contributed by atoms with Gasteiger partial charge in [-0.3, -0.25) is 67.1 Å². The summed E-state index contributed by atoms with van der Waals surface area (Å²) >= 11 is 0. The third kappa shape index (κ3) is 49.1. The predicted octanol–water partition coefficient (Wildman–Crippen LogP) is 1.24. The Morgan fingerprint density at radius 2 is 0.311 bits per heavy atom. The molecule has 0 spiro atoms. The van der Waals surface area contributed by atoms with Gasteiger partial charge in [0.2, 0.25) is 82.7 Å². The van der Waals surface area contributed by atoms with Crippen LogP contribution < -0.4 is 115 Å². The number of hydrogen-bond acceptors (Lipinski definition) is 21. The van der Waals surface area contributed by atoms with Crippen LogP contribution in [0.3, 0.4) is 0 Å². The van der Waals surface area contributed by atoms with Crippen LogP contribution in [-0.4, -0.2) is 207 Å². The average Bonchev–Trinajstić information content (AvgIpc) is 0.857. The van der Waals surface area contributed by atoms with Gasteiger partial charge in [0.15, 0.2) is 0 Å². The zero-order chi connectivity index (χ0) is 90.6. The van der Waals surface area contributed by atoms with Crippen molar-refractivity contribution in [3.8, 4) is 0 Å². The lowest BCUT2D eigenvalue weighted by atomic mass is 9.98. The van der Waals surface area contributed by atoms with Crippen LogP contribution in [0.25, 0.3) is 0 Å². The standard InChI is InChI=1S/C84H163N21O14/c1-49(2)41-63(71(92)106)98-81(116)68(46-54(11)12)100-75(110)60(32-20-26-38-88)93-73(108)58(30-18-24-36-86)95-78(113)66(44-52(7)8)104-83(118)69(47-55(13)14)101-76(111)61(33-21-27-39-89)94-74(109)59(31-19-25-37-87)96-79(114)67(45-53(9)10)105-84(119)70(48-56(15)16)102-77(112)62(34-22-28-40-90)97-80(115)65(43-51(5)6)103-82(117)64(42-50(3)4)99-72(107)57(91)29-17-23-35-85/h49-70H,17-48,85-91H2,1-16H3,(H2,92,106)(H,93,108)(H,94,109)(H,95,113)(H,96,114)(H,97,115)(H,98,116)(H,99,107)(H,100,110)(H,101,111)(H,102,112)(H,103,117)(H,104,118)(H,105,119)/t57-,58-,59-,60-,61-,62-,63-,64-,65-,66-,67-,68-,69-,70-/m0/s1. The zero-order valence-electron chi connectivity index (χ0n) is 75.2. The minimum Gasteiger partial charge on any atom is -0.368 e. The predicted molar refractivity (Wildman–Crippen MR) is 465 cm³/mol. The van der Waals surface area contributed by atoms with Crippen molar-refractivity contribution < 1.29 is 67.1 Å². The van der Waals surface area contributed by atoms with Crippen LogP contribution in [0.5, 0.6) is 0 Å². The van der Waals surface area contributed by atoms with Gasteiger partial charge in [0.25, 0.3) is 0 Å². The molecule has 35 nitrogen and oxygen atoms in total. The van der Waals surface area contributed by atoms with Gasteiger partial charge in [-0.25, -0.2) is 0 Å². The summed E-state index contributed by atoms with van der Waals surface area (Å²) in [4.78, 5) is 200. The fourth-order valence-corrected chi connectivity index (χ4v) is 13.6. The summed E-state index contributed by atoms with van der Waals surface area (Å²) in [5.41, 5.74) is 47.0. The third-order valence-corrected chi connectivity index (χ3v) is 20.0. The Kier molecular flexibility index (Phi) is 58.4. The van der Waals surface area contributed by atoms with Crippen molar-refractivity contribution in [3.63, 3.8) is 0 Å². The first-order chi connectivity index (χ1) is 56.0. The van der Waals surface area contributed by atoms with E-state index in [1.165, 1.54) is 0 Å². The summed E-state index contributed by atoms with van der Waals surface area (Å²) < 4.78 is 0. The van der Waals surface area contributed by atoms with Crippen LogP contribution in [-0.2, 0) is 67.1 Å². The highest BCUT2D eigenvalue weighted by atomic mass is 16.2. The molecule has 29 N–H and O–H groups in total. The first-order valence-electron chi connectivity index (χ1n) is 44.2. The molecule has 35 heteroatoms. The Morgan fingerprint density at radius 1 is 0.185 bits per heavy atom. The molecule has 0 heterocycles. The molecule has 0 rings (SSSR count). The number of rotatable bonds is 67. The quantitative estimate of drug-likeness (QED) is 0.0381. The maximum atomic E-state index is 14.9. The minimum absolute atomic E-state index is 0.00236. The van der Waals surface area contributed by atoms with E-state index >= 15 is 0 Å². The van der Waals surface area contributed by atoms with Gasteiger partial charge in [-0.05, 0) is 247 Å². The van der Waals surface area contributed by atoms with Crippen LogP contribution >= 0.6 is 0 Å². The van der Waals surface area contributed by atoms with E-state index in [-0.39, 0.29) is 164 Å². The van der Waals surface area contributed by atoms with Crippen molar-refractivity contribution in [1.82, 2.24) is 69.1 Å². The number of amides is 14. The van der Waals surface area contributed by atoms with Gasteiger partial charge < -0.3 is 115 Å². The molecule has 0 aliphatic heterocycles. The molecule has 0 saturated heterocycles. The summed E-state index contributed by atoms with van der Waals surface area (Å²) in [5, 5.41) is 36.6. The topological polar surface area (TPSA) is 604 Å². The summed E-state index contributed by atoms with van der Waals surface area (Å²) in [6.45, 7) is 31.4. The van der Waals surface area contributed by atoms with Gasteiger partial charge in [0, 0.05) is 0 Å². The molecule has 0 bridgehead atoms. The fourth-order valence-electron chi connectivity index (χ4n) is 13.6. The maximum absolute atomic E-state index is 14.9. The number of nitrogens with one attached hydrogen (secondary N) is 13. The molecule has 0 radical (unpaired) electrons. The monoisotopic (exact) mass is 1690 g/mol. The van der Waals surface area contributed by atoms with E-state index in [2.05, 4.69) is 69.1 Å². The molecule has 0 fully saturated rings. The normalized spacial score (nSPS) is 15.2. The van der Waals surface area contributed by atoms with Crippen LogP contribution in [0.1, 0.15) is 278 Å². The molecule has 119 heavy (non-hydrogen) atoms. The molecule has 0 aromatic heterocycles. The van der Waals surface area contributed by atoms with Crippen LogP contribution in [0.2, 0.25) is 0 Å². The Balaban J connectivity index is 7.38. The third-order valence-electron chi connectivity index (χ3n) is 20.0. The Labute approximate surface area is 710 Å². The van der Waals surface area contributed by atoms with E-state index in [1.807, 2.05) is 111 Å². The van der Waals surface area contributed by atoms with Crippen molar-refractivity contribution in [2.75, 3.05) is 39.3 Å². The van der Waals surface area contributed by atoms with E-state index in [9.17, 15) is 67.1 Å². The fraction of sp³-hybridized carbons (Fsp3) is 0.833. The molecule has 0 unspecified atom stereocenters. The Hall–Kier alpha value is -7.70. The van der Waals surface area contributed by atoms with Gasteiger partial charge in [0.1, 0.15) is 78.5 Å². The highest BCUT2D eigenvalue weighted by Crippen LogP contribution is 2.19. The molecular formula is C84H163N21O14. The highest BCUT2D eigenvalue weighted by molar-refractivity contribution is 6.00. The SMILES string of the molecule is CC(C)C[C@H](NC(=O)[C@H](CC(C)C)NC(=O)[C@H](CCCCN)NC(=O)[C@H](CCCCN)NC(=O)[C@H](CC(C)C)NC(=O)[C@H](CC(C)C)NC(=O)[C@H](CCCCN)NC(=O)[C@H](CCCCN)NC(=O)[C@H](CC(C)C)NC(=O)[C@H](CC(C)C)NC(=O)[C@H](CCCCN)NC(=O)[C@H](CC(C)C)NC(=O)[C@H](CC(C)C)NC(=O)[C@@H](N)CCCCN)C(N)=O. The lowest BCUT2D eigenvalue weighted by molar-refractivity contribution is -0.137. The van der Waals surface area contributed by atoms with Gasteiger partial charge >= 0.3 is 0 Å². The summed E-state index contributed by atoms with van der Waals surface area (Å²) in [6.07, 6.45) is 7.27. The van der Waals surface area contributed by atoms with Crippen LogP contribution in [0, 0.1) is 47.3 Å². The maximum Gasteiger partial charge on any atom is 0.243 e. The lowest BCUT2D eigenvalue weighted by Crippen LogP contribution is -2.61. The number of hydrogen-bond donors (Lipinski definition) is 21. The van der Waals surface area contributed by atoms with Crippen molar-refractivity contribution in [2.24, 2.45) is 93.2 Å². The zero-order valence-corrected chi connectivity index (χ0v) is 75.2. The van der Waals surface area contributed by atoms with Gasteiger partial charge in [0.05, 0.1) is 6.04 Å². The van der Waals surface area contributed by atoms with Crippen molar-refractivity contribution >= 4 is 82.7 Å². The second kappa shape index (κ2) is 62.4. The summed E-state index contributed by atoms with van der Waals surface area (Å²) in [6, 6.07) is -16.6. The average molecular weight is 1690 g/mol. The largest absolute Gasteiger partial charge is 0.368 e. The smallest absolute Gasteiger partial charge is 0.243 e. The van der Waals surface area contributed by atoms with Crippen molar-refractivity contribution in [1.29, 1.82) is 0 Å². The van der Waals surface area contributed by atoms with Crippen LogP contribution in [0.4, 0.5) is 0 Å². The van der Waals surface area contributed by atoms with Crippen molar-refractivity contribution in [3.05, 3.63) is 0 Å². The highest BCUT2D eigenvalue weighted by Gasteiger charge is 2.39. The van der Waals surface area contributed by atoms with Gasteiger partial charge in [-0.15, -0.1) is 0 Å². The molecule has 0 saturated carbocycles. The number of nitrogens with two attached hydrogens (primary N) is 8. The number of carbonyl (C=O) groups excluding carboxylic acids is 14. The first kappa shape index (κ1) is 111. The molecular weight excluding hydrogens is 1530 g/mol. The number of carbonyl (C=O) groups is 14.